The van der Waals surface area contributed by atoms with E-state index in [9.17, 15) is 13.2 Å². The maximum atomic E-state index is 12.7. The Morgan fingerprint density at radius 1 is 1.36 bits per heavy atom. The highest BCUT2D eigenvalue weighted by atomic mass is 32.2. The molecule has 2 saturated heterocycles. The van der Waals surface area contributed by atoms with Crippen molar-refractivity contribution in [3.63, 3.8) is 0 Å². The van der Waals surface area contributed by atoms with Gasteiger partial charge in [-0.15, -0.1) is 0 Å². The van der Waals surface area contributed by atoms with Crippen molar-refractivity contribution in [1.82, 2.24) is 14.7 Å². The number of aromatic nitrogens is 2. The Morgan fingerprint density at radius 2 is 2.18 bits per heavy atom. The first kappa shape index (κ1) is 15.5. The number of carbonyl (C=O) groups excluding carboxylic acids is 1. The second kappa shape index (κ2) is 6.02. The van der Waals surface area contributed by atoms with Crippen molar-refractivity contribution in [1.29, 1.82) is 0 Å². The van der Waals surface area contributed by atoms with E-state index < -0.39 is 9.84 Å². The maximum Gasteiger partial charge on any atom is 0.227 e. The molecule has 3 rings (SSSR count). The monoisotopic (exact) mass is 325 g/mol. The summed E-state index contributed by atoms with van der Waals surface area (Å²) in [5.74, 6) is -0.143. The zero-order valence-corrected chi connectivity index (χ0v) is 13.8. The van der Waals surface area contributed by atoms with E-state index in [0.717, 1.165) is 31.4 Å². The van der Waals surface area contributed by atoms with Crippen molar-refractivity contribution in [3.8, 4) is 0 Å². The van der Waals surface area contributed by atoms with Gasteiger partial charge >= 0.3 is 0 Å². The van der Waals surface area contributed by atoms with Crippen LogP contribution in [0.1, 0.15) is 31.2 Å². The summed E-state index contributed by atoms with van der Waals surface area (Å²) in [7, 11) is -3.02. The standard InChI is InChI=1S/C15H23N3O3S/c1-12-8-16-17(9-12)10-14-4-2-3-6-18(14)15(19)13-5-7-22(20,21)11-13/h8-9,13-14H,2-7,10-11H2,1H3/t13-,14+/m1/s1. The summed E-state index contributed by atoms with van der Waals surface area (Å²) in [6.07, 6.45) is 7.35. The quantitative estimate of drug-likeness (QED) is 0.831. The number of carbonyl (C=O) groups is 1. The molecule has 3 heterocycles. The minimum absolute atomic E-state index is 0.0228. The molecule has 122 valence electrons. The average Bonchev–Trinajstić information content (AvgIpc) is 3.04. The van der Waals surface area contributed by atoms with E-state index >= 15 is 0 Å². The van der Waals surface area contributed by atoms with Crippen molar-refractivity contribution in [2.75, 3.05) is 18.1 Å². The SMILES string of the molecule is Cc1cnn(C[C@@H]2CCCCN2C(=O)[C@@H]2CCS(=O)(=O)C2)c1. The van der Waals surface area contributed by atoms with Gasteiger partial charge < -0.3 is 4.90 Å². The van der Waals surface area contributed by atoms with Gasteiger partial charge in [0.15, 0.2) is 9.84 Å². The number of hydrogen-bond donors (Lipinski definition) is 0. The highest BCUT2D eigenvalue weighted by Crippen LogP contribution is 2.26. The lowest BCUT2D eigenvalue weighted by Gasteiger charge is -2.37. The van der Waals surface area contributed by atoms with Crippen molar-refractivity contribution < 1.29 is 13.2 Å². The lowest BCUT2D eigenvalue weighted by molar-refractivity contribution is -0.138. The summed E-state index contributed by atoms with van der Waals surface area (Å²) in [6.45, 7) is 3.43. The Kier molecular flexibility index (Phi) is 4.25. The number of hydrogen-bond acceptors (Lipinski definition) is 4. The molecule has 6 nitrogen and oxygen atoms in total. The molecule has 0 aromatic carbocycles. The minimum Gasteiger partial charge on any atom is -0.338 e. The van der Waals surface area contributed by atoms with Crippen molar-refractivity contribution in [3.05, 3.63) is 18.0 Å². The molecule has 2 atom stereocenters. The summed E-state index contributed by atoms with van der Waals surface area (Å²) in [5.41, 5.74) is 1.11. The van der Waals surface area contributed by atoms with Gasteiger partial charge in [0.05, 0.1) is 36.2 Å². The first-order valence-electron chi connectivity index (χ1n) is 7.94. The van der Waals surface area contributed by atoms with E-state index in [1.54, 1.807) is 0 Å². The van der Waals surface area contributed by atoms with Crippen LogP contribution in [-0.2, 0) is 21.2 Å². The number of nitrogens with zero attached hydrogens (tertiary/aromatic N) is 3. The summed E-state index contributed by atoms with van der Waals surface area (Å²) in [6, 6.07) is 0.129. The van der Waals surface area contributed by atoms with Crippen LogP contribution < -0.4 is 0 Å². The van der Waals surface area contributed by atoms with Crippen LogP contribution in [0.4, 0.5) is 0 Å². The molecule has 0 N–H and O–H groups in total. The predicted octanol–water partition coefficient (Wildman–Crippen LogP) is 1.01. The lowest BCUT2D eigenvalue weighted by Crippen LogP contribution is -2.48. The molecule has 1 aromatic heterocycles. The molecular formula is C15H23N3O3S. The smallest absolute Gasteiger partial charge is 0.227 e. The first-order chi connectivity index (χ1) is 10.4. The van der Waals surface area contributed by atoms with E-state index in [1.807, 2.05) is 28.9 Å². The molecule has 2 aliphatic rings. The van der Waals surface area contributed by atoms with Crippen LogP contribution in [-0.4, -0.2) is 53.1 Å². The highest BCUT2D eigenvalue weighted by Gasteiger charge is 2.38. The number of sulfone groups is 1. The second-order valence-electron chi connectivity index (χ2n) is 6.52. The fourth-order valence-electron chi connectivity index (χ4n) is 3.49. The Bertz CT molecular complexity index is 653. The van der Waals surface area contributed by atoms with Gasteiger partial charge in [-0.3, -0.25) is 9.48 Å². The topological polar surface area (TPSA) is 72.3 Å². The number of amides is 1. The molecule has 1 aromatic rings. The summed E-state index contributed by atoms with van der Waals surface area (Å²) >= 11 is 0. The van der Waals surface area contributed by atoms with Gasteiger partial charge in [0, 0.05) is 12.7 Å². The Hall–Kier alpha value is -1.37. The molecular weight excluding hydrogens is 302 g/mol. The Morgan fingerprint density at radius 3 is 2.82 bits per heavy atom. The van der Waals surface area contributed by atoms with Crippen LogP contribution >= 0.6 is 0 Å². The number of rotatable bonds is 3. The van der Waals surface area contributed by atoms with Crippen molar-refractivity contribution in [2.45, 2.75) is 45.2 Å². The second-order valence-corrected chi connectivity index (χ2v) is 8.75. The summed E-state index contributed by atoms with van der Waals surface area (Å²) in [5, 5.41) is 4.31. The van der Waals surface area contributed by atoms with E-state index in [4.69, 9.17) is 0 Å². The molecule has 0 spiro atoms. The third-order valence-electron chi connectivity index (χ3n) is 4.65. The maximum absolute atomic E-state index is 12.7. The highest BCUT2D eigenvalue weighted by molar-refractivity contribution is 7.91. The van der Waals surface area contributed by atoms with Gasteiger partial charge in [-0.05, 0) is 38.2 Å². The van der Waals surface area contributed by atoms with Crippen LogP contribution in [0.2, 0.25) is 0 Å². The van der Waals surface area contributed by atoms with Gasteiger partial charge in [-0.25, -0.2) is 8.42 Å². The lowest BCUT2D eigenvalue weighted by atomic mass is 9.98. The normalized spacial score (nSPS) is 28.0. The van der Waals surface area contributed by atoms with Crippen LogP contribution in [0, 0.1) is 12.8 Å². The van der Waals surface area contributed by atoms with Crippen LogP contribution in [0.5, 0.6) is 0 Å². The van der Waals surface area contributed by atoms with Crippen molar-refractivity contribution in [2.24, 2.45) is 5.92 Å². The number of aryl methyl sites for hydroxylation is 1. The van der Waals surface area contributed by atoms with Gasteiger partial charge in [0.1, 0.15) is 0 Å². The summed E-state index contributed by atoms with van der Waals surface area (Å²) < 4.78 is 25.1. The van der Waals surface area contributed by atoms with Crippen LogP contribution in [0.25, 0.3) is 0 Å². The molecule has 2 fully saturated rings. The molecule has 0 unspecified atom stereocenters. The first-order valence-corrected chi connectivity index (χ1v) is 9.77. The van der Waals surface area contributed by atoms with Gasteiger partial charge in [-0.1, -0.05) is 0 Å². The third kappa shape index (κ3) is 3.34. The van der Waals surface area contributed by atoms with Gasteiger partial charge in [-0.2, -0.15) is 5.10 Å². The minimum atomic E-state index is -3.02. The number of likely N-dealkylation sites (tertiary alicyclic amines) is 1. The van der Waals surface area contributed by atoms with E-state index in [0.29, 0.717) is 13.0 Å². The Balaban J connectivity index is 1.70. The molecule has 0 bridgehead atoms. The van der Waals surface area contributed by atoms with Gasteiger partial charge in [0.25, 0.3) is 0 Å². The van der Waals surface area contributed by atoms with Crippen LogP contribution in [0.3, 0.4) is 0 Å². The average molecular weight is 325 g/mol. The zero-order valence-electron chi connectivity index (χ0n) is 12.9. The molecule has 1 amide bonds. The third-order valence-corrected chi connectivity index (χ3v) is 6.42. The molecule has 7 heteroatoms. The van der Waals surface area contributed by atoms with Gasteiger partial charge in [0.2, 0.25) is 5.91 Å². The van der Waals surface area contributed by atoms with E-state index in [2.05, 4.69) is 5.10 Å². The number of piperidine rings is 1. The predicted molar refractivity (Wildman–Crippen MR) is 83.1 cm³/mol. The zero-order chi connectivity index (χ0) is 15.7. The summed E-state index contributed by atoms with van der Waals surface area (Å²) in [4.78, 5) is 14.6. The molecule has 0 radical (unpaired) electrons. The van der Waals surface area contributed by atoms with E-state index in [1.165, 1.54) is 0 Å². The van der Waals surface area contributed by atoms with Crippen molar-refractivity contribution >= 4 is 15.7 Å². The van der Waals surface area contributed by atoms with Crippen LogP contribution in [0.15, 0.2) is 12.4 Å². The largest absolute Gasteiger partial charge is 0.338 e. The molecule has 0 saturated carbocycles. The fraction of sp³-hybridized carbons (Fsp3) is 0.733. The molecule has 22 heavy (non-hydrogen) atoms. The fourth-order valence-corrected chi connectivity index (χ4v) is 5.22. The Labute approximate surface area is 131 Å². The molecule has 0 aliphatic carbocycles. The van der Waals surface area contributed by atoms with E-state index in [-0.39, 0.29) is 29.4 Å². The molecule has 2 aliphatic heterocycles.